The summed E-state index contributed by atoms with van der Waals surface area (Å²) < 4.78 is 5.04. The summed E-state index contributed by atoms with van der Waals surface area (Å²) in [5.74, 6) is 0.0139. The standard InChI is InChI=1S/C13H15N3O2S.2ClH/c1-9-6-14-3-4-16(9)13(17)11-8-19-12(15-11)10-2-5-18-7-10;;/h2,5,7-9,14H,3-4,6H2,1H3;2*1H. The molecule has 0 radical (unpaired) electrons. The van der Waals surface area contributed by atoms with Crippen molar-refractivity contribution in [2.45, 2.75) is 13.0 Å². The SMILES string of the molecule is CC1CNCCN1C(=O)c1csc(-c2ccoc2)n1.Cl.Cl. The molecule has 1 aliphatic rings. The van der Waals surface area contributed by atoms with E-state index in [0.717, 1.165) is 30.2 Å². The topological polar surface area (TPSA) is 58.4 Å². The van der Waals surface area contributed by atoms with E-state index in [1.807, 2.05) is 23.3 Å². The smallest absolute Gasteiger partial charge is 0.273 e. The Morgan fingerprint density at radius 1 is 1.52 bits per heavy atom. The van der Waals surface area contributed by atoms with E-state index in [4.69, 9.17) is 4.42 Å². The van der Waals surface area contributed by atoms with Crippen molar-refractivity contribution in [1.82, 2.24) is 15.2 Å². The summed E-state index contributed by atoms with van der Waals surface area (Å²) in [5.41, 5.74) is 1.44. The molecule has 21 heavy (non-hydrogen) atoms. The molecule has 1 amide bonds. The van der Waals surface area contributed by atoms with Gasteiger partial charge >= 0.3 is 0 Å². The molecule has 3 rings (SSSR count). The largest absolute Gasteiger partial charge is 0.472 e. The van der Waals surface area contributed by atoms with Gasteiger partial charge in [-0.3, -0.25) is 4.79 Å². The van der Waals surface area contributed by atoms with E-state index in [9.17, 15) is 4.79 Å². The summed E-state index contributed by atoms with van der Waals surface area (Å²) in [6, 6.07) is 2.06. The van der Waals surface area contributed by atoms with Crippen LogP contribution in [0, 0.1) is 0 Å². The summed E-state index contributed by atoms with van der Waals surface area (Å²) in [5, 5.41) is 5.91. The summed E-state index contributed by atoms with van der Waals surface area (Å²) in [6.45, 7) is 4.46. The normalized spacial score (nSPS) is 17.8. The number of thiazole rings is 1. The van der Waals surface area contributed by atoms with Crippen LogP contribution in [-0.2, 0) is 0 Å². The van der Waals surface area contributed by atoms with Crippen molar-refractivity contribution in [2.24, 2.45) is 0 Å². The molecule has 116 valence electrons. The van der Waals surface area contributed by atoms with Crippen LogP contribution < -0.4 is 5.32 Å². The van der Waals surface area contributed by atoms with Crippen LogP contribution in [0.4, 0.5) is 0 Å². The minimum Gasteiger partial charge on any atom is -0.472 e. The Kier molecular flexibility index (Phi) is 6.67. The molecule has 1 fully saturated rings. The van der Waals surface area contributed by atoms with Crippen LogP contribution in [0.2, 0.25) is 0 Å². The highest BCUT2D eigenvalue weighted by Gasteiger charge is 2.25. The van der Waals surface area contributed by atoms with Crippen LogP contribution in [0.25, 0.3) is 10.6 Å². The molecule has 5 nitrogen and oxygen atoms in total. The van der Waals surface area contributed by atoms with Crippen molar-refractivity contribution in [3.63, 3.8) is 0 Å². The Hall–Kier alpha value is -1.08. The molecule has 0 aromatic carbocycles. The van der Waals surface area contributed by atoms with Gasteiger partial charge in [0.2, 0.25) is 0 Å². The zero-order valence-electron chi connectivity index (χ0n) is 11.4. The predicted octanol–water partition coefficient (Wildman–Crippen LogP) is 2.68. The Balaban J connectivity index is 0.00000110. The quantitative estimate of drug-likeness (QED) is 0.905. The third kappa shape index (κ3) is 3.77. The summed E-state index contributed by atoms with van der Waals surface area (Å²) in [6.07, 6.45) is 3.25. The van der Waals surface area contributed by atoms with Gasteiger partial charge in [-0.2, -0.15) is 0 Å². The van der Waals surface area contributed by atoms with E-state index >= 15 is 0 Å². The fourth-order valence-corrected chi connectivity index (χ4v) is 2.96. The van der Waals surface area contributed by atoms with Gasteiger partial charge in [-0.15, -0.1) is 36.2 Å². The number of hydrogen-bond acceptors (Lipinski definition) is 5. The number of hydrogen-bond donors (Lipinski definition) is 1. The van der Waals surface area contributed by atoms with Crippen molar-refractivity contribution in [3.05, 3.63) is 29.7 Å². The molecule has 0 bridgehead atoms. The van der Waals surface area contributed by atoms with Crippen LogP contribution in [0.3, 0.4) is 0 Å². The number of piperazine rings is 1. The van der Waals surface area contributed by atoms with Crippen LogP contribution in [0.15, 0.2) is 28.4 Å². The van der Waals surface area contributed by atoms with Crippen LogP contribution in [0.5, 0.6) is 0 Å². The fourth-order valence-electron chi connectivity index (χ4n) is 2.18. The molecular weight excluding hydrogens is 333 g/mol. The zero-order chi connectivity index (χ0) is 13.2. The zero-order valence-corrected chi connectivity index (χ0v) is 13.9. The molecule has 0 saturated carbocycles. The lowest BCUT2D eigenvalue weighted by Gasteiger charge is -2.33. The monoisotopic (exact) mass is 349 g/mol. The highest BCUT2D eigenvalue weighted by atomic mass is 35.5. The van der Waals surface area contributed by atoms with Crippen molar-refractivity contribution >= 4 is 42.1 Å². The van der Waals surface area contributed by atoms with E-state index in [1.165, 1.54) is 11.3 Å². The molecule has 1 aliphatic heterocycles. The van der Waals surface area contributed by atoms with Gasteiger partial charge in [0.25, 0.3) is 5.91 Å². The van der Waals surface area contributed by atoms with E-state index in [-0.39, 0.29) is 36.8 Å². The van der Waals surface area contributed by atoms with Crippen LogP contribution >= 0.6 is 36.2 Å². The lowest BCUT2D eigenvalue weighted by molar-refractivity contribution is 0.0650. The first-order chi connectivity index (χ1) is 9.25. The Bertz CT molecular complexity index is 574. The van der Waals surface area contributed by atoms with Gasteiger partial charge < -0.3 is 14.6 Å². The number of aromatic nitrogens is 1. The number of carbonyl (C=O) groups is 1. The molecule has 1 N–H and O–H groups in total. The number of nitrogens with zero attached hydrogens (tertiary/aromatic N) is 2. The van der Waals surface area contributed by atoms with E-state index in [1.54, 1.807) is 12.5 Å². The molecule has 2 aromatic heterocycles. The van der Waals surface area contributed by atoms with Gasteiger partial charge in [0.1, 0.15) is 17.0 Å². The molecule has 0 aliphatic carbocycles. The number of nitrogens with one attached hydrogen (secondary N) is 1. The van der Waals surface area contributed by atoms with Gasteiger partial charge in [0.05, 0.1) is 6.26 Å². The maximum atomic E-state index is 12.4. The molecule has 1 unspecified atom stereocenters. The number of furan rings is 1. The summed E-state index contributed by atoms with van der Waals surface area (Å²) in [4.78, 5) is 18.7. The average Bonchev–Trinajstić information content (AvgIpc) is 3.09. The van der Waals surface area contributed by atoms with Crippen molar-refractivity contribution in [1.29, 1.82) is 0 Å². The lowest BCUT2D eigenvalue weighted by Crippen LogP contribution is -2.52. The number of halogens is 2. The fraction of sp³-hybridized carbons (Fsp3) is 0.385. The molecular formula is C13H17Cl2N3O2S. The van der Waals surface area contributed by atoms with Gasteiger partial charge in [-0.05, 0) is 13.0 Å². The highest BCUT2D eigenvalue weighted by Crippen LogP contribution is 2.24. The van der Waals surface area contributed by atoms with Gasteiger partial charge in [-0.1, -0.05) is 0 Å². The molecule has 0 spiro atoms. The minimum atomic E-state index is 0. The van der Waals surface area contributed by atoms with Crippen molar-refractivity contribution < 1.29 is 9.21 Å². The summed E-state index contributed by atoms with van der Waals surface area (Å²) in [7, 11) is 0. The Labute approximate surface area is 139 Å². The Morgan fingerprint density at radius 3 is 3.00 bits per heavy atom. The highest BCUT2D eigenvalue weighted by molar-refractivity contribution is 7.13. The first-order valence-corrected chi connectivity index (χ1v) is 7.13. The van der Waals surface area contributed by atoms with Gasteiger partial charge in [0, 0.05) is 36.6 Å². The van der Waals surface area contributed by atoms with Crippen LogP contribution in [0.1, 0.15) is 17.4 Å². The van der Waals surface area contributed by atoms with Gasteiger partial charge in [0.15, 0.2) is 0 Å². The minimum absolute atomic E-state index is 0. The molecule has 1 saturated heterocycles. The van der Waals surface area contributed by atoms with E-state index in [2.05, 4.69) is 10.3 Å². The van der Waals surface area contributed by atoms with Crippen molar-refractivity contribution in [3.8, 4) is 10.6 Å². The maximum absolute atomic E-state index is 12.4. The van der Waals surface area contributed by atoms with E-state index in [0.29, 0.717) is 5.69 Å². The lowest BCUT2D eigenvalue weighted by atomic mass is 10.2. The first kappa shape index (κ1) is 18.0. The summed E-state index contributed by atoms with van der Waals surface area (Å²) >= 11 is 1.47. The van der Waals surface area contributed by atoms with E-state index < -0.39 is 0 Å². The van der Waals surface area contributed by atoms with Gasteiger partial charge in [-0.25, -0.2) is 4.98 Å². The second kappa shape index (κ2) is 7.79. The van der Waals surface area contributed by atoms with Crippen LogP contribution in [-0.4, -0.2) is 41.5 Å². The second-order valence-electron chi connectivity index (χ2n) is 4.60. The second-order valence-corrected chi connectivity index (χ2v) is 5.46. The predicted molar refractivity (Wildman–Crippen MR) is 87.7 cm³/mol. The Morgan fingerprint density at radius 2 is 2.33 bits per heavy atom. The number of carbonyl (C=O) groups excluding carboxylic acids is 1. The first-order valence-electron chi connectivity index (χ1n) is 6.25. The third-order valence-electron chi connectivity index (χ3n) is 3.25. The average molecular weight is 350 g/mol. The molecule has 8 heteroatoms. The number of rotatable bonds is 2. The third-order valence-corrected chi connectivity index (χ3v) is 4.14. The molecule has 2 aromatic rings. The molecule has 1 atom stereocenters. The number of amides is 1. The van der Waals surface area contributed by atoms with Crippen molar-refractivity contribution in [2.75, 3.05) is 19.6 Å². The molecule has 3 heterocycles. The maximum Gasteiger partial charge on any atom is 0.273 e.